The van der Waals surface area contributed by atoms with Gasteiger partial charge in [0.2, 0.25) is 5.91 Å². The first kappa shape index (κ1) is 8.04. The minimum Gasteiger partial charge on any atom is -0.490 e. The second kappa shape index (κ2) is 3.43. The molecule has 1 aliphatic rings. The predicted molar refractivity (Wildman–Crippen MR) is 46.4 cm³/mol. The third-order valence-corrected chi connectivity index (χ3v) is 1.86. The topological polar surface area (TPSA) is 51.2 Å². The third-order valence-electron chi connectivity index (χ3n) is 1.86. The first-order valence-corrected chi connectivity index (χ1v) is 4.19. The molecule has 0 aliphatic carbocycles. The predicted octanol–water partition coefficient (Wildman–Crippen LogP) is 0.133. The van der Waals surface area contributed by atoms with Crippen LogP contribution in [0.5, 0.6) is 5.75 Å². The number of nitrogens with one attached hydrogen (secondary N) is 1. The van der Waals surface area contributed by atoms with Crippen LogP contribution in [-0.2, 0) is 11.2 Å². The van der Waals surface area contributed by atoms with E-state index < -0.39 is 0 Å². The summed E-state index contributed by atoms with van der Waals surface area (Å²) in [6.07, 6.45) is 1.97. The van der Waals surface area contributed by atoms with Crippen molar-refractivity contribution in [3.8, 4) is 5.75 Å². The van der Waals surface area contributed by atoms with Crippen LogP contribution in [0.4, 0.5) is 0 Å². The lowest BCUT2D eigenvalue weighted by atomic mass is 10.2. The van der Waals surface area contributed by atoms with E-state index in [1.807, 2.05) is 6.07 Å². The Hall–Kier alpha value is -1.58. The van der Waals surface area contributed by atoms with Gasteiger partial charge in [0.25, 0.3) is 0 Å². The number of fused-ring (bicyclic) bond motifs is 1. The molecule has 0 bridgehead atoms. The van der Waals surface area contributed by atoms with Gasteiger partial charge in [-0.25, -0.2) is 0 Å². The van der Waals surface area contributed by atoms with Crippen molar-refractivity contribution in [2.24, 2.45) is 0 Å². The van der Waals surface area contributed by atoms with Crippen molar-refractivity contribution in [2.45, 2.75) is 6.42 Å². The van der Waals surface area contributed by atoms with Crippen molar-refractivity contribution >= 4 is 5.91 Å². The van der Waals surface area contributed by atoms with Crippen molar-refractivity contribution in [3.05, 3.63) is 24.0 Å². The zero-order chi connectivity index (χ0) is 9.10. The van der Waals surface area contributed by atoms with Gasteiger partial charge in [-0.1, -0.05) is 0 Å². The van der Waals surface area contributed by atoms with Crippen LogP contribution in [0.15, 0.2) is 18.3 Å². The molecule has 0 fully saturated rings. The Morgan fingerprint density at radius 3 is 3.38 bits per heavy atom. The number of hydrogen-bond acceptors (Lipinski definition) is 3. The number of amides is 1. The van der Waals surface area contributed by atoms with Crippen molar-refractivity contribution in [1.82, 2.24) is 10.3 Å². The fourth-order valence-corrected chi connectivity index (χ4v) is 1.25. The molecule has 1 aromatic rings. The first-order valence-electron chi connectivity index (χ1n) is 4.19. The lowest BCUT2D eigenvalue weighted by molar-refractivity contribution is -0.120. The Balaban J connectivity index is 2.30. The fraction of sp³-hybridized carbons (Fsp3) is 0.333. The zero-order valence-corrected chi connectivity index (χ0v) is 7.12. The summed E-state index contributed by atoms with van der Waals surface area (Å²) in [5.41, 5.74) is 0.708. The van der Waals surface area contributed by atoms with Crippen LogP contribution in [0, 0.1) is 0 Å². The van der Waals surface area contributed by atoms with Gasteiger partial charge >= 0.3 is 0 Å². The van der Waals surface area contributed by atoms with Gasteiger partial charge in [-0.2, -0.15) is 0 Å². The van der Waals surface area contributed by atoms with E-state index in [9.17, 15) is 4.79 Å². The summed E-state index contributed by atoms with van der Waals surface area (Å²) in [6.45, 7) is 1.07. The minimum atomic E-state index is 0.00301. The normalized spacial score (nSPS) is 16.2. The Labute approximate surface area is 75.9 Å². The largest absolute Gasteiger partial charge is 0.490 e. The van der Waals surface area contributed by atoms with E-state index in [-0.39, 0.29) is 5.91 Å². The molecular weight excluding hydrogens is 168 g/mol. The molecule has 1 aromatic heterocycles. The van der Waals surface area contributed by atoms with E-state index in [1.165, 1.54) is 0 Å². The second-order valence-electron chi connectivity index (χ2n) is 2.82. The molecule has 2 rings (SSSR count). The van der Waals surface area contributed by atoms with Gasteiger partial charge in [-0.05, 0) is 12.1 Å². The van der Waals surface area contributed by atoms with E-state index in [2.05, 4.69) is 10.3 Å². The summed E-state index contributed by atoms with van der Waals surface area (Å²) >= 11 is 0. The standard InChI is InChI=1S/C9H10N2O2/c12-9-6-7-8(2-1-3-10-7)13-5-4-11-9/h1-3H,4-6H2,(H,11,12). The Morgan fingerprint density at radius 1 is 1.54 bits per heavy atom. The fourth-order valence-electron chi connectivity index (χ4n) is 1.25. The Kier molecular flexibility index (Phi) is 2.12. The smallest absolute Gasteiger partial charge is 0.226 e. The molecule has 1 N–H and O–H groups in total. The van der Waals surface area contributed by atoms with Crippen molar-refractivity contribution < 1.29 is 9.53 Å². The average molecular weight is 178 g/mol. The zero-order valence-electron chi connectivity index (χ0n) is 7.12. The number of aromatic nitrogens is 1. The highest BCUT2D eigenvalue weighted by Gasteiger charge is 2.12. The summed E-state index contributed by atoms with van der Waals surface area (Å²) in [7, 11) is 0. The second-order valence-corrected chi connectivity index (χ2v) is 2.82. The van der Waals surface area contributed by atoms with Crippen LogP contribution < -0.4 is 10.1 Å². The van der Waals surface area contributed by atoms with Crippen LogP contribution in [0.3, 0.4) is 0 Å². The lowest BCUT2D eigenvalue weighted by Gasteiger charge is -2.14. The Bertz CT molecular complexity index is 325. The molecule has 0 saturated carbocycles. The van der Waals surface area contributed by atoms with Gasteiger partial charge in [-0.3, -0.25) is 9.78 Å². The SMILES string of the molecule is O=C1Cc2ncccc2OCCN1. The molecule has 0 atom stereocenters. The van der Waals surface area contributed by atoms with Crippen LogP contribution in [0.2, 0.25) is 0 Å². The van der Waals surface area contributed by atoms with Crippen LogP contribution in [0.1, 0.15) is 5.69 Å². The average Bonchev–Trinajstić information content (AvgIpc) is 2.11. The third kappa shape index (κ3) is 1.77. The molecule has 2 heterocycles. The van der Waals surface area contributed by atoms with Crippen LogP contribution in [0.25, 0.3) is 0 Å². The highest BCUT2D eigenvalue weighted by atomic mass is 16.5. The summed E-state index contributed by atoms with van der Waals surface area (Å²) < 4.78 is 5.40. The van der Waals surface area contributed by atoms with Crippen molar-refractivity contribution in [1.29, 1.82) is 0 Å². The van der Waals surface area contributed by atoms with E-state index in [0.717, 1.165) is 5.75 Å². The number of hydrogen-bond donors (Lipinski definition) is 1. The molecule has 0 spiro atoms. The lowest BCUT2D eigenvalue weighted by Crippen LogP contribution is -2.31. The van der Waals surface area contributed by atoms with Crippen molar-refractivity contribution in [3.63, 3.8) is 0 Å². The van der Waals surface area contributed by atoms with Gasteiger partial charge in [0.05, 0.1) is 18.7 Å². The molecule has 68 valence electrons. The summed E-state index contributed by atoms with van der Waals surface area (Å²) in [6, 6.07) is 3.64. The van der Waals surface area contributed by atoms with Gasteiger partial charge < -0.3 is 10.1 Å². The minimum absolute atomic E-state index is 0.00301. The number of rotatable bonds is 0. The van der Waals surface area contributed by atoms with Gasteiger partial charge in [-0.15, -0.1) is 0 Å². The summed E-state index contributed by atoms with van der Waals surface area (Å²) in [4.78, 5) is 15.3. The molecule has 1 amide bonds. The molecule has 1 aliphatic heterocycles. The molecule has 0 saturated heterocycles. The van der Waals surface area contributed by atoms with Gasteiger partial charge in [0, 0.05) is 6.20 Å². The molecule has 0 aromatic carbocycles. The maximum absolute atomic E-state index is 11.2. The van der Waals surface area contributed by atoms with E-state index in [0.29, 0.717) is 25.3 Å². The number of ether oxygens (including phenoxy) is 1. The molecule has 4 nitrogen and oxygen atoms in total. The molecule has 4 heteroatoms. The molecule has 0 unspecified atom stereocenters. The first-order chi connectivity index (χ1) is 6.36. The monoisotopic (exact) mass is 178 g/mol. The number of carbonyl (C=O) groups excluding carboxylic acids is 1. The Morgan fingerprint density at radius 2 is 2.46 bits per heavy atom. The molecular formula is C9H10N2O2. The summed E-state index contributed by atoms with van der Waals surface area (Å²) in [5.74, 6) is 0.723. The number of carbonyl (C=O) groups is 1. The highest BCUT2D eigenvalue weighted by Crippen LogP contribution is 2.16. The number of nitrogens with zero attached hydrogens (tertiary/aromatic N) is 1. The molecule has 13 heavy (non-hydrogen) atoms. The van der Waals surface area contributed by atoms with E-state index in [1.54, 1.807) is 12.3 Å². The maximum atomic E-state index is 11.2. The van der Waals surface area contributed by atoms with E-state index in [4.69, 9.17) is 4.74 Å². The van der Waals surface area contributed by atoms with Gasteiger partial charge in [0.1, 0.15) is 12.4 Å². The van der Waals surface area contributed by atoms with Gasteiger partial charge in [0.15, 0.2) is 0 Å². The van der Waals surface area contributed by atoms with Crippen LogP contribution >= 0.6 is 0 Å². The highest BCUT2D eigenvalue weighted by molar-refractivity contribution is 5.78. The molecule has 0 radical (unpaired) electrons. The van der Waals surface area contributed by atoms with Crippen molar-refractivity contribution in [2.75, 3.05) is 13.2 Å². The summed E-state index contributed by atoms with van der Waals surface area (Å²) in [5, 5.41) is 2.72. The quantitative estimate of drug-likeness (QED) is 0.614. The van der Waals surface area contributed by atoms with Crippen LogP contribution in [-0.4, -0.2) is 24.0 Å². The number of pyridine rings is 1. The van der Waals surface area contributed by atoms with E-state index >= 15 is 0 Å². The maximum Gasteiger partial charge on any atom is 0.226 e.